The summed E-state index contributed by atoms with van der Waals surface area (Å²) in [6.45, 7) is 10.5. The fourth-order valence-corrected chi connectivity index (χ4v) is 1.37. The van der Waals surface area contributed by atoms with Gasteiger partial charge in [-0.3, -0.25) is 4.98 Å². The number of hydrogen-bond acceptors (Lipinski definition) is 4. The Labute approximate surface area is 104 Å². The Morgan fingerprint density at radius 1 is 1.18 bits per heavy atom. The van der Waals surface area contributed by atoms with E-state index in [1.165, 1.54) is 0 Å². The molecule has 1 rings (SSSR count). The standard InChI is InChI=1S/C13H24N4/c1-10(2)6-14-7-12-8-16-13(9-15-12)17(5)11(3)4/h8-11,14H,6-7H2,1-5H3. The Hall–Kier alpha value is -1.16. The van der Waals surface area contributed by atoms with Crippen LogP contribution in [0.25, 0.3) is 0 Å². The van der Waals surface area contributed by atoms with E-state index in [0.717, 1.165) is 24.6 Å². The monoisotopic (exact) mass is 236 g/mol. The minimum atomic E-state index is 0.439. The first-order valence-corrected chi connectivity index (χ1v) is 6.25. The maximum atomic E-state index is 4.42. The highest BCUT2D eigenvalue weighted by molar-refractivity contribution is 5.35. The second kappa shape index (κ2) is 6.55. The first kappa shape index (κ1) is 13.9. The highest BCUT2D eigenvalue weighted by atomic mass is 15.2. The molecule has 17 heavy (non-hydrogen) atoms. The molecule has 0 atom stereocenters. The van der Waals surface area contributed by atoms with E-state index < -0.39 is 0 Å². The molecular formula is C13H24N4. The number of hydrogen-bond donors (Lipinski definition) is 1. The predicted octanol–water partition coefficient (Wildman–Crippen LogP) is 2.07. The van der Waals surface area contributed by atoms with Gasteiger partial charge in [0.25, 0.3) is 0 Å². The normalized spacial score (nSPS) is 11.2. The van der Waals surface area contributed by atoms with Crippen molar-refractivity contribution in [2.24, 2.45) is 5.92 Å². The van der Waals surface area contributed by atoms with Crippen molar-refractivity contribution in [2.45, 2.75) is 40.3 Å². The molecule has 0 aliphatic carbocycles. The van der Waals surface area contributed by atoms with Crippen molar-refractivity contribution < 1.29 is 0 Å². The van der Waals surface area contributed by atoms with E-state index in [4.69, 9.17) is 0 Å². The average Bonchev–Trinajstić information content (AvgIpc) is 2.28. The molecule has 1 heterocycles. The highest BCUT2D eigenvalue weighted by Crippen LogP contribution is 2.09. The fraction of sp³-hybridized carbons (Fsp3) is 0.692. The summed E-state index contributed by atoms with van der Waals surface area (Å²) in [7, 11) is 2.03. The van der Waals surface area contributed by atoms with Gasteiger partial charge in [0.2, 0.25) is 0 Å². The third-order valence-electron chi connectivity index (χ3n) is 2.69. The number of nitrogens with zero attached hydrogens (tertiary/aromatic N) is 3. The first-order valence-electron chi connectivity index (χ1n) is 6.25. The molecule has 0 spiro atoms. The van der Waals surface area contributed by atoms with Crippen LogP contribution < -0.4 is 10.2 Å². The summed E-state index contributed by atoms with van der Waals surface area (Å²) in [4.78, 5) is 10.9. The van der Waals surface area contributed by atoms with Gasteiger partial charge in [-0.05, 0) is 26.3 Å². The van der Waals surface area contributed by atoms with E-state index in [-0.39, 0.29) is 0 Å². The van der Waals surface area contributed by atoms with Crippen molar-refractivity contribution in [1.82, 2.24) is 15.3 Å². The Morgan fingerprint density at radius 3 is 2.35 bits per heavy atom. The van der Waals surface area contributed by atoms with E-state index in [9.17, 15) is 0 Å². The van der Waals surface area contributed by atoms with Gasteiger partial charge in [0.15, 0.2) is 0 Å². The van der Waals surface area contributed by atoms with Crippen LogP contribution in [0.5, 0.6) is 0 Å². The van der Waals surface area contributed by atoms with Crippen LogP contribution in [0.15, 0.2) is 12.4 Å². The zero-order chi connectivity index (χ0) is 12.8. The molecule has 1 aromatic rings. The van der Waals surface area contributed by atoms with E-state index >= 15 is 0 Å². The number of anilines is 1. The van der Waals surface area contributed by atoms with E-state index in [2.05, 4.69) is 47.9 Å². The molecule has 0 saturated heterocycles. The van der Waals surface area contributed by atoms with Crippen molar-refractivity contribution in [3.8, 4) is 0 Å². The molecule has 1 N–H and O–H groups in total. The Bertz CT molecular complexity index is 319. The van der Waals surface area contributed by atoms with Gasteiger partial charge in [-0.25, -0.2) is 4.98 Å². The van der Waals surface area contributed by atoms with Crippen LogP contribution in [0.2, 0.25) is 0 Å². The van der Waals surface area contributed by atoms with E-state index in [0.29, 0.717) is 12.0 Å². The third-order valence-corrected chi connectivity index (χ3v) is 2.69. The van der Waals surface area contributed by atoms with E-state index in [1.54, 1.807) is 0 Å². The quantitative estimate of drug-likeness (QED) is 0.821. The Kier molecular flexibility index (Phi) is 5.35. The zero-order valence-corrected chi connectivity index (χ0v) is 11.6. The molecule has 0 aliphatic rings. The van der Waals surface area contributed by atoms with Crippen molar-refractivity contribution in [3.63, 3.8) is 0 Å². The number of rotatable bonds is 6. The third kappa shape index (κ3) is 4.69. The van der Waals surface area contributed by atoms with Gasteiger partial charge in [-0.2, -0.15) is 0 Å². The lowest BCUT2D eigenvalue weighted by molar-refractivity contribution is 0.547. The summed E-state index contributed by atoms with van der Waals surface area (Å²) in [5.74, 6) is 1.59. The topological polar surface area (TPSA) is 41.1 Å². The van der Waals surface area contributed by atoms with E-state index in [1.807, 2.05) is 19.4 Å². The van der Waals surface area contributed by atoms with Crippen LogP contribution >= 0.6 is 0 Å². The molecule has 0 amide bonds. The van der Waals surface area contributed by atoms with Crippen molar-refractivity contribution in [3.05, 3.63) is 18.1 Å². The first-order chi connectivity index (χ1) is 8.00. The smallest absolute Gasteiger partial charge is 0.147 e. The second-order valence-electron chi connectivity index (χ2n) is 5.10. The summed E-state index contributed by atoms with van der Waals surface area (Å²) in [6.07, 6.45) is 3.69. The predicted molar refractivity (Wildman–Crippen MR) is 72.1 cm³/mol. The summed E-state index contributed by atoms with van der Waals surface area (Å²) in [5, 5.41) is 3.36. The summed E-state index contributed by atoms with van der Waals surface area (Å²) in [6, 6.07) is 0.439. The number of aromatic nitrogens is 2. The van der Waals surface area contributed by atoms with Crippen LogP contribution in [0.3, 0.4) is 0 Å². The Balaban J connectivity index is 2.50. The van der Waals surface area contributed by atoms with Crippen LogP contribution in [-0.4, -0.2) is 29.6 Å². The van der Waals surface area contributed by atoms with Crippen molar-refractivity contribution >= 4 is 5.82 Å². The molecule has 4 heteroatoms. The summed E-state index contributed by atoms with van der Waals surface area (Å²) < 4.78 is 0. The largest absolute Gasteiger partial charge is 0.356 e. The molecule has 0 saturated carbocycles. The highest BCUT2D eigenvalue weighted by Gasteiger charge is 2.06. The molecule has 0 unspecified atom stereocenters. The van der Waals surface area contributed by atoms with Crippen molar-refractivity contribution in [1.29, 1.82) is 0 Å². The van der Waals surface area contributed by atoms with Crippen LogP contribution in [0.1, 0.15) is 33.4 Å². The molecule has 4 nitrogen and oxygen atoms in total. The van der Waals surface area contributed by atoms with Gasteiger partial charge in [-0.1, -0.05) is 13.8 Å². The van der Waals surface area contributed by atoms with Gasteiger partial charge < -0.3 is 10.2 Å². The molecular weight excluding hydrogens is 212 g/mol. The van der Waals surface area contributed by atoms with Gasteiger partial charge in [0.05, 0.1) is 18.1 Å². The minimum absolute atomic E-state index is 0.439. The zero-order valence-electron chi connectivity index (χ0n) is 11.6. The molecule has 0 aliphatic heterocycles. The molecule has 1 aromatic heterocycles. The molecule has 0 fully saturated rings. The van der Waals surface area contributed by atoms with Gasteiger partial charge in [-0.15, -0.1) is 0 Å². The molecule has 0 aromatic carbocycles. The van der Waals surface area contributed by atoms with Crippen molar-refractivity contribution in [2.75, 3.05) is 18.5 Å². The molecule has 96 valence electrons. The minimum Gasteiger partial charge on any atom is -0.356 e. The Morgan fingerprint density at radius 2 is 1.88 bits per heavy atom. The van der Waals surface area contributed by atoms with Gasteiger partial charge in [0.1, 0.15) is 5.82 Å². The number of nitrogens with one attached hydrogen (secondary N) is 1. The van der Waals surface area contributed by atoms with Crippen LogP contribution in [0.4, 0.5) is 5.82 Å². The van der Waals surface area contributed by atoms with Gasteiger partial charge >= 0.3 is 0 Å². The molecule has 0 bridgehead atoms. The van der Waals surface area contributed by atoms with Crippen LogP contribution in [-0.2, 0) is 6.54 Å². The summed E-state index contributed by atoms with van der Waals surface area (Å²) in [5.41, 5.74) is 0.992. The van der Waals surface area contributed by atoms with Crippen LogP contribution in [0, 0.1) is 5.92 Å². The maximum absolute atomic E-state index is 4.42. The fourth-order valence-electron chi connectivity index (χ4n) is 1.37. The second-order valence-corrected chi connectivity index (χ2v) is 5.10. The average molecular weight is 236 g/mol. The van der Waals surface area contributed by atoms with Gasteiger partial charge in [0, 0.05) is 19.6 Å². The SMILES string of the molecule is CC(C)CNCc1cnc(N(C)C(C)C)cn1. The molecule has 0 radical (unpaired) electrons. The lowest BCUT2D eigenvalue weighted by Crippen LogP contribution is -2.27. The maximum Gasteiger partial charge on any atom is 0.147 e. The lowest BCUT2D eigenvalue weighted by Gasteiger charge is -2.22. The lowest BCUT2D eigenvalue weighted by atomic mass is 10.2. The summed E-state index contributed by atoms with van der Waals surface area (Å²) >= 11 is 0.